The van der Waals surface area contributed by atoms with E-state index >= 15 is 0 Å². The number of rotatable bonds is 8. The quantitative estimate of drug-likeness (QED) is 0.512. The highest BCUT2D eigenvalue weighted by Crippen LogP contribution is 2.34. The molecule has 2 N–H and O–H groups in total. The molecule has 0 atom stereocenters. The topological polar surface area (TPSA) is 74.8 Å². The van der Waals surface area contributed by atoms with Crippen molar-refractivity contribution in [1.29, 1.82) is 0 Å². The van der Waals surface area contributed by atoms with Gasteiger partial charge in [-0.2, -0.15) is 11.8 Å². The Morgan fingerprint density at radius 1 is 1.28 bits per heavy atom. The van der Waals surface area contributed by atoms with Crippen LogP contribution in [0.1, 0.15) is 48.0 Å². The predicted octanol–water partition coefficient (Wildman–Crippen LogP) is 4.69. The van der Waals surface area contributed by atoms with E-state index in [2.05, 4.69) is 34.3 Å². The van der Waals surface area contributed by atoms with Crippen LogP contribution in [0.15, 0.2) is 29.1 Å². The number of aryl methyl sites for hydroxylation is 3. The first kappa shape index (κ1) is 20.2. The number of nitrogens with one attached hydrogen (secondary N) is 2. The summed E-state index contributed by atoms with van der Waals surface area (Å²) < 4.78 is 0. The summed E-state index contributed by atoms with van der Waals surface area (Å²) in [4.78, 5) is 34.4. The fourth-order valence-corrected chi connectivity index (χ4v) is 5.80. The van der Waals surface area contributed by atoms with Crippen molar-refractivity contribution in [3.05, 3.63) is 56.4 Å². The molecule has 4 rings (SSSR count). The summed E-state index contributed by atoms with van der Waals surface area (Å²) >= 11 is 3.27. The Labute approximate surface area is 178 Å². The van der Waals surface area contributed by atoms with E-state index in [1.54, 1.807) is 23.1 Å². The third kappa shape index (κ3) is 4.73. The average Bonchev–Trinajstić information content (AvgIpc) is 3.28. The molecule has 7 heteroatoms. The number of anilines is 1. The number of carbonyl (C=O) groups is 1. The molecule has 5 nitrogen and oxygen atoms in total. The molecule has 0 radical (unpaired) electrons. The summed E-state index contributed by atoms with van der Waals surface area (Å²) in [7, 11) is 0. The Kier molecular flexibility index (Phi) is 6.35. The van der Waals surface area contributed by atoms with E-state index in [0.717, 1.165) is 48.0 Å². The van der Waals surface area contributed by atoms with E-state index in [1.807, 2.05) is 12.1 Å². The number of nitrogens with zero attached hydrogens (tertiary/aromatic N) is 1. The van der Waals surface area contributed by atoms with E-state index in [-0.39, 0.29) is 11.5 Å². The van der Waals surface area contributed by atoms with Gasteiger partial charge in [-0.25, -0.2) is 4.98 Å². The minimum Gasteiger partial charge on any atom is -0.326 e. The molecule has 1 aromatic carbocycles. The second kappa shape index (κ2) is 9.13. The lowest BCUT2D eigenvalue weighted by molar-refractivity contribution is -0.115. The molecule has 0 bridgehead atoms. The van der Waals surface area contributed by atoms with Gasteiger partial charge in [-0.05, 0) is 48.9 Å². The second-order valence-electron chi connectivity index (χ2n) is 7.35. The highest BCUT2D eigenvalue weighted by molar-refractivity contribution is 7.98. The fraction of sp³-hybridized carbons (Fsp3) is 0.409. The number of benzene rings is 1. The van der Waals surface area contributed by atoms with Gasteiger partial charge in [0, 0.05) is 22.7 Å². The van der Waals surface area contributed by atoms with Gasteiger partial charge in [-0.15, -0.1) is 11.3 Å². The van der Waals surface area contributed by atoms with Crippen LogP contribution in [0.4, 0.5) is 5.69 Å². The molecule has 1 aliphatic rings. The number of H-pyrrole nitrogens is 1. The highest BCUT2D eigenvalue weighted by atomic mass is 32.2. The molecule has 0 saturated heterocycles. The normalized spacial score (nSPS) is 13.0. The van der Waals surface area contributed by atoms with Crippen LogP contribution in [0.2, 0.25) is 0 Å². The Morgan fingerprint density at radius 2 is 2.10 bits per heavy atom. The summed E-state index contributed by atoms with van der Waals surface area (Å²) in [5.74, 6) is 1.99. The van der Waals surface area contributed by atoms with Gasteiger partial charge in [0.15, 0.2) is 0 Å². The van der Waals surface area contributed by atoms with Crippen molar-refractivity contribution in [2.45, 2.75) is 51.2 Å². The molecule has 2 aromatic heterocycles. The SMILES string of the molecule is CCCc1ccc(NC(=O)CCSCc2nc3sc4c(c3c(=O)[nH]2)CCC4)cc1. The van der Waals surface area contributed by atoms with Crippen LogP contribution in [0.25, 0.3) is 10.2 Å². The molecule has 0 fully saturated rings. The third-order valence-electron chi connectivity index (χ3n) is 5.11. The third-order valence-corrected chi connectivity index (χ3v) is 7.27. The smallest absolute Gasteiger partial charge is 0.259 e. The van der Waals surface area contributed by atoms with Gasteiger partial charge < -0.3 is 10.3 Å². The van der Waals surface area contributed by atoms with Gasteiger partial charge in [-0.1, -0.05) is 25.5 Å². The number of hydrogen-bond donors (Lipinski definition) is 2. The van der Waals surface area contributed by atoms with Crippen LogP contribution in [0, 0.1) is 0 Å². The van der Waals surface area contributed by atoms with Crippen LogP contribution in [-0.2, 0) is 29.8 Å². The zero-order valence-corrected chi connectivity index (χ0v) is 18.2. The molecular weight excluding hydrogens is 402 g/mol. The lowest BCUT2D eigenvalue weighted by atomic mass is 10.1. The standard InChI is InChI=1S/C22H25N3O2S2/c1-2-4-14-7-9-15(10-8-14)23-19(26)11-12-28-13-18-24-21(27)20-16-5-3-6-17(16)29-22(20)25-18/h7-10H,2-6,11-13H2,1H3,(H,23,26)(H,24,25,27). The Bertz CT molecular complexity index is 1070. The number of thioether (sulfide) groups is 1. The lowest BCUT2D eigenvalue weighted by Crippen LogP contribution is -2.13. The first-order valence-electron chi connectivity index (χ1n) is 10.1. The summed E-state index contributed by atoms with van der Waals surface area (Å²) in [5.41, 5.74) is 3.31. The van der Waals surface area contributed by atoms with E-state index in [0.29, 0.717) is 23.8 Å². The van der Waals surface area contributed by atoms with Crippen LogP contribution >= 0.6 is 23.1 Å². The number of thiophene rings is 1. The Hall–Kier alpha value is -2.12. The second-order valence-corrected chi connectivity index (χ2v) is 9.54. The number of amides is 1. The number of carbonyl (C=O) groups excluding carboxylic acids is 1. The van der Waals surface area contributed by atoms with Gasteiger partial charge in [0.05, 0.1) is 11.1 Å². The number of fused-ring (bicyclic) bond motifs is 3. The van der Waals surface area contributed by atoms with E-state index in [4.69, 9.17) is 0 Å². The van der Waals surface area contributed by atoms with Gasteiger partial charge in [0.2, 0.25) is 5.91 Å². The van der Waals surface area contributed by atoms with Crippen molar-refractivity contribution in [1.82, 2.24) is 9.97 Å². The van der Waals surface area contributed by atoms with Gasteiger partial charge in [0.1, 0.15) is 10.7 Å². The predicted molar refractivity (Wildman–Crippen MR) is 122 cm³/mol. The highest BCUT2D eigenvalue weighted by Gasteiger charge is 2.21. The number of aromatic amines is 1. The van der Waals surface area contributed by atoms with Crippen LogP contribution in [0.5, 0.6) is 0 Å². The maximum atomic E-state index is 12.5. The van der Waals surface area contributed by atoms with Crippen LogP contribution < -0.4 is 10.9 Å². The van der Waals surface area contributed by atoms with Crippen molar-refractivity contribution in [2.24, 2.45) is 0 Å². The maximum absolute atomic E-state index is 12.5. The molecule has 0 spiro atoms. The zero-order chi connectivity index (χ0) is 20.2. The van der Waals surface area contributed by atoms with Crippen molar-refractivity contribution in [2.75, 3.05) is 11.1 Å². The average molecular weight is 428 g/mol. The molecule has 1 amide bonds. The largest absolute Gasteiger partial charge is 0.326 e. The minimum atomic E-state index is -0.0192. The fourth-order valence-electron chi connectivity index (χ4n) is 3.72. The van der Waals surface area contributed by atoms with E-state index in [1.165, 1.54) is 16.0 Å². The molecule has 2 heterocycles. The molecule has 1 aliphatic carbocycles. The Morgan fingerprint density at radius 3 is 2.90 bits per heavy atom. The maximum Gasteiger partial charge on any atom is 0.259 e. The first-order chi connectivity index (χ1) is 14.1. The molecule has 3 aromatic rings. The van der Waals surface area contributed by atoms with Gasteiger partial charge in [-0.3, -0.25) is 9.59 Å². The molecule has 152 valence electrons. The Balaban J connectivity index is 1.27. The van der Waals surface area contributed by atoms with Crippen molar-refractivity contribution >= 4 is 44.9 Å². The summed E-state index contributed by atoms with van der Waals surface area (Å²) in [6.45, 7) is 2.16. The monoisotopic (exact) mass is 427 g/mol. The molecule has 0 unspecified atom stereocenters. The molecule has 0 saturated carbocycles. The van der Waals surface area contributed by atoms with E-state index in [9.17, 15) is 9.59 Å². The van der Waals surface area contributed by atoms with Crippen molar-refractivity contribution < 1.29 is 4.79 Å². The zero-order valence-electron chi connectivity index (χ0n) is 16.5. The van der Waals surface area contributed by atoms with Gasteiger partial charge in [0.25, 0.3) is 5.56 Å². The number of hydrogen-bond acceptors (Lipinski definition) is 5. The van der Waals surface area contributed by atoms with Crippen molar-refractivity contribution in [3.63, 3.8) is 0 Å². The van der Waals surface area contributed by atoms with E-state index < -0.39 is 0 Å². The summed E-state index contributed by atoms with van der Waals surface area (Å²) in [6.07, 6.45) is 5.80. The lowest BCUT2D eigenvalue weighted by Gasteiger charge is -2.06. The van der Waals surface area contributed by atoms with Crippen LogP contribution in [-0.4, -0.2) is 21.6 Å². The van der Waals surface area contributed by atoms with Gasteiger partial charge >= 0.3 is 0 Å². The summed E-state index contributed by atoms with van der Waals surface area (Å²) in [6, 6.07) is 8.04. The minimum absolute atomic E-state index is 0.00679. The van der Waals surface area contributed by atoms with Crippen LogP contribution in [0.3, 0.4) is 0 Å². The first-order valence-corrected chi connectivity index (χ1v) is 12.1. The number of aromatic nitrogens is 2. The van der Waals surface area contributed by atoms with Crippen molar-refractivity contribution in [3.8, 4) is 0 Å². The summed E-state index contributed by atoms with van der Waals surface area (Å²) in [5, 5.41) is 3.73. The molecule has 29 heavy (non-hydrogen) atoms. The molecule has 0 aliphatic heterocycles. The molecular formula is C22H25N3O2S2.